The van der Waals surface area contributed by atoms with E-state index in [9.17, 15) is 0 Å². The summed E-state index contributed by atoms with van der Waals surface area (Å²) < 4.78 is 4.87. The molecule has 0 fully saturated rings. The SMILES string of the molecule is CC1(C)c2cc(-n3c4ccccc4c4ccc(-c5ccccc5)cc43)ccc2-n2c3cnccc3c3cccc1c32. The molecular formula is C38H27N3. The molecule has 5 aromatic carbocycles. The maximum atomic E-state index is 4.51. The van der Waals surface area contributed by atoms with Gasteiger partial charge in [0.05, 0.1) is 34.0 Å². The summed E-state index contributed by atoms with van der Waals surface area (Å²) in [4.78, 5) is 4.51. The minimum absolute atomic E-state index is 0.170. The van der Waals surface area contributed by atoms with Crippen molar-refractivity contribution in [1.82, 2.24) is 14.1 Å². The van der Waals surface area contributed by atoms with Gasteiger partial charge in [0.25, 0.3) is 0 Å². The zero-order valence-electron chi connectivity index (χ0n) is 23.0. The average molecular weight is 526 g/mol. The van der Waals surface area contributed by atoms with Gasteiger partial charge in [0.2, 0.25) is 0 Å². The Labute approximate surface area is 237 Å². The monoisotopic (exact) mass is 525 g/mol. The predicted molar refractivity (Wildman–Crippen MR) is 170 cm³/mol. The molecule has 3 aromatic heterocycles. The fourth-order valence-electron chi connectivity index (χ4n) is 7.23. The van der Waals surface area contributed by atoms with E-state index in [0.717, 1.165) is 5.52 Å². The molecular weight excluding hydrogens is 498 g/mol. The lowest BCUT2D eigenvalue weighted by atomic mass is 9.74. The highest BCUT2D eigenvalue weighted by Gasteiger charge is 2.35. The fourth-order valence-corrected chi connectivity index (χ4v) is 7.23. The number of nitrogens with zero attached hydrogens (tertiary/aromatic N) is 3. The van der Waals surface area contributed by atoms with E-state index < -0.39 is 0 Å². The molecule has 0 radical (unpaired) electrons. The van der Waals surface area contributed by atoms with Gasteiger partial charge < -0.3 is 9.13 Å². The van der Waals surface area contributed by atoms with Crippen molar-refractivity contribution in [2.75, 3.05) is 0 Å². The summed E-state index contributed by atoms with van der Waals surface area (Å²) in [5, 5.41) is 5.08. The third kappa shape index (κ3) is 2.95. The molecule has 9 rings (SSSR count). The first-order chi connectivity index (χ1) is 20.1. The summed E-state index contributed by atoms with van der Waals surface area (Å²) in [5.41, 5.74) is 12.3. The van der Waals surface area contributed by atoms with E-state index in [0.29, 0.717) is 0 Å². The normalized spacial score (nSPS) is 13.8. The van der Waals surface area contributed by atoms with Crippen molar-refractivity contribution < 1.29 is 0 Å². The van der Waals surface area contributed by atoms with Crippen LogP contribution in [0.5, 0.6) is 0 Å². The number of benzene rings is 5. The molecule has 0 bridgehead atoms. The molecule has 0 N–H and O–H groups in total. The molecule has 41 heavy (non-hydrogen) atoms. The second-order valence-corrected chi connectivity index (χ2v) is 11.7. The van der Waals surface area contributed by atoms with Gasteiger partial charge in [-0.2, -0.15) is 0 Å². The van der Waals surface area contributed by atoms with Crippen molar-refractivity contribution >= 4 is 43.6 Å². The summed E-state index contributed by atoms with van der Waals surface area (Å²) in [5.74, 6) is 0. The number of fused-ring (bicyclic) bond motifs is 8. The summed E-state index contributed by atoms with van der Waals surface area (Å²) >= 11 is 0. The smallest absolute Gasteiger partial charge is 0.0724 e. The zero-order valence-corrected chi connectivity index (χ0v) is 23.0. The van der Waals surface area contributed by atoms with Crippen molar-refractivity contribution in [2.24, 2.45) is 0 Å². The molecule has 0 amide bonds. The van der Waals surface area contributed by atoms with Crippen molar-refractivity contribution in [3.63, 3.8) is 0 Å². The summed E-state index contributed by atoms with van der Waals surface area (Å²) in [6, 6.07) is 42.2. The molecule has 0 saturated heterocycles. The number of pyridine rings is 1. The largest absolute Gasteiger partial charge is 0.309 e. The van der Waals surface area contributed by atoms with Gasteiger partial charge in [0, 0.05) is 38.8 Å². The first-order valence-electron chi connectivity index (χ1n) is 14.2. The Kier molecular flexibility index (Phi) is 4.39. The van der Waals surface area contributed by atoms with Gasteiger partial charge in [0.15, 0.2) is 0 Å². The van der Waals surface area contributed by atoms with Crippen LogP contribution in [-0.4, -0.2) is 14.1 Å². The molecule has 8 aromatic rings. The van der Waals surface area contributed by atoms with Crippen LogP contribution in [0.3, 0.4) is 0 Å². The molecule has 0 spiro atoms. The van der Waals surface area contributed by atoms with Crippen molar-refractivity contribution in [3.05, 3.63) is 139 Å². The minimum atomic E-state index is -0.170. The topological polar surface area (TPSA) is 22.8 Å². The second kappa shape index (κ2) is 7.96. The Morgan fingerprint density at radius 2 is 1.32 bits per heavy atom. The van der Waals surface area contributed by atoms with Gasteiger partial charge in [-0.25, -0.2) is 0 Å². The van der Waals surface area contributed by atoms with E-state index >= 15 is 0 Å². The third-order valence-electron chi connectivity index (χ3n) is 9.20. The number of aromatic nitrogens is 3. The summed E-state index contributed by atoms with van der Waals surface area (Å²) in [7, 11) is 0. The Bertz CT molecular complexity index is 2330. The average Bonchev–Trinajstić information content (AvgIpc) is 3.53. The Hall–Kier alpha value is -5.15. The molecule has 1 aliphatic rings. The molecule has 3 heteroatoms. The van der Waals surface area contributed by atoms with Crippen LogP contribution >= 0.6 is 0 Å². The molecule has 0 atom stereocenters. The van der Waals surface area contributed by atoms with Gasteiger partial charge in [-0.1, -0.05) is 92.7 Å². The molecule has 4 heterocycles. The van der Waals surface area contributed by atoms with Crippen molar-refractivity contribution in [2.45, 2.75) is 19.3 Å². The maximum absolute atomic E-state index is 4.51. The van der Waals surface area contributed by atoms with E-state index in [2.05, 4.69) is 143 Å². The Morgan fingerprint density at radius 3 is 2.22 bits per heavy atom. The first-order valence-corrected chi connectivity index (χ1v) is 14.2. The lowest BCUT2D eigenvalue weighted by Crippen LogP contribution is -2.26. The highest BCUT2D eigenvalue weighted by Crippen LogP contribution is 2.48. The zero-order chi connectivity index (χ0) is 27.3. The Morgan fingerprint density at radius 1 is 0.537 bits per heavy atom. The van der Waals surface area contributed by atoms with Crippen LogP contribution in [0, 0.1) is 0 Å². The van der Waals surface area contributed by atoms with Crippen LogP contribution in [0.1, 0.15) is 25.0 Å². The van der Waals surface area contributed by atoms with E-state index in [4.69, 9.17) is 0 Å². The Balaban J connectivity index is 1.36. The molecule has 0 saturated carbocycles. The van der Waals surface area contributed by atoms with Crippen LogP contribution in [0.2, 0.25) is 0 Å². The molecule has 3 nitrogen and oxygen atoms in total. The van der Waals surface area contributed by atoms with Gasteiger partial charge in [-0.05, 0) is 58.7 Å². The van der Waals surface area contributed by atoms with Crippen LogP contribution in [0.4, 0.5) is 0 Å². The second-order valence-electron chi connectivity index (χ2n) is 11.7. The number of hydrogen-bond donors (Lipinski definition) is 0. The quantitative estimate of drug-likeness (QED) is 0.220. The highest BCUT2D eigenvalue weighted by atomic mass is 15.0. The van der Waals surface area contributed by atoms with Gasteiger partial charge in [-0.3, -0.25) is 4.98 Å². The van der Waals surface area contributed by atoms with Crippen LogP contribution < -0.4 is 0 Å². The van der Waals surface area contributed by atoms with Crippen LogP contribution in [0.25, 0.3) is 66.1 Å². The maximum Gasteiger partial charge on any atom is 0.0724 e. The summed E-state index contributed by atoms with van der Waals surface area (Å²) in [6.45, 7) is 4.73. The summed E-state index contributed by atoms with van der Waals surface area (Å²) in [6.07, 6.45) is 3.91. The van der Waals surface area contributed by atoms with Crippen molar-refractivity contribution in [1.29, 1.82) is 0 Å². The number of rotatable bonds is 2. The van der Waals surface area contributed by atoms with Gasteiger partial charge in [-0.15, -0.1) is 0 Å². The molecule has 0 unspecified atom stereocenters. The van der Waals surface area contributed by atoms with Crippen molar-refractivity contribution in [3.8, 4) is 22.5 Å². The minimum Gasteiger partial charge on any atom is -0.309 e. The standard InChI is InChI=1S/C38H27N3/c1-38(2)31-13-8-12-30-29-19-20-39-23-36(29)41(37(30)31)34-18-16-26(22-32(34)38)40-33-14-7-6-11-27(33)28-17-15-25(21-35(28)40)24-9-4-3-5-10-24/h3-23H,1-2H3. The highest BCUT2D eigenvalue weighted by molar-refractivity contribution is 6.12. The van der Waals surface area contributed by atoms with Gasteiger partial charge in [0.1, 0.15) is 0 Å². The van der Waals surface area contributed by atoms with Crippen LogP contribution in [-0.2, 0) is 5.41 Å². The first kappa shape index (κ1) is 22.6. The third-order valence-corrected chi connectivity index (χ3v) is 9.20. The molecule has 194 valence electrons. The predicted octanol–water partition coefficient (Wildman–Crippen LogP) is 9.58. The van der Waals surface area contributed by atoms with E-state index in [1.807, 2.05) is 12.4 Å². The van der Waals surface area contributed by atoms with Gasteiger partial charge >= 0.3 is 0 Å². The lowest BCUT2D eigenvalue weighted by Gasteiger charge is -2.35. The van der Waals surface area contributed by atoms with E-state index in [-0.39, 0.29) is 5.41 Å². The molecule has 1 aliphatic heterocycles. The fraction of sp³-hybridized carbons (Fsp3) is 0.0789. The van der Waals surface area contributed by atoms with E-state index in [1.54, 1.807) is 0 Å². The number of hydrogen-bond acceptors (Lipinski definition) is 1. The lowest BCUT2D eigenvalue weighted by molar-refractivity contribution is 0.629. The molecule has 0 aliphatic carbocycles. The van der Waals surface area contributed by atoms with Crippen LogP contribution in [0.15, 0.2) is 128 Å². The van der Waals surface area contributed by atoms with E-state index in [1.165, 1.54) is 71.7 Å². The number of para-hydroxylation sites is 2.